The Morgan fingerprint density at radius 1 is 1.17 bits per heavy atom. The van der Waals surface area contributed by atoms with E-state index in [-0.39, 0.29) is 5.91 Å². The molecule has 0 radical (unpaired) electrons. The lowest BCUT2D eigenvalue weighted by Gasteiger charge is -2.17. The van der Waals surface area contributed by atoms with Gasteiger partial charge in [0, 0.05) is 7.05 Å². The summed E-state index contributed by atoms with van der Waals surface area (Å²) >= 11 is 1.62. The zero-order valence-corrected chi connectivity index (χ0v) is 14.0. The van der Waals surface area contributed by atoms with Gasteiger partial charge in [-0.05, 0) is 31.2 Å². The highest BCUT2D eigenvalue weighted by molar-refractivity contribution is 7.18. The number of thiazole rings is 1. The van der Waals surface area contributed by atoms with Crippen LogP contribution in [0.3, 0.4) is 0 Å². The van der Waals surface area contributed by atoms with Gasteiger partial charge in [0.05, 0.1) is 28.9 Å². The van der Waals surface area contributed by atoms with Gasteiger partial charge < -0.3 is 9.64 Å². The van der Waals surface area contributed by atoms with E-state index in [0.717, 1.165) is 15.2 Å². The first kappa shape index (κ1) is 15.5. The Morgan fingerprint density at radius 3 is 2.70 bits per heavy atom. The van der Waals surface area contributed by atoms with Crippen molar-refractivity contribution < 1.29 is 9.53 Å². The van der Waals surface area contributed by atoms with Crippen LogP contribution >= 0.6 is 11.3 Å². The first-order chi connectivity index (χ1) is 11.2. The van der Waals surface area contributed by atoms with Crippen LogP contribution in [-0.2, 0) is 6.54 Å². The van der Waals surface area contributed by atoms with Gasteiger partial charge in [-0.25, -0.2) is 4.98 Å². The van der Waals surface area contributed by atoms with Crippen LogP contribution in [0.2, 0.25) is 0 Å². The minimum absolute atomic E-state index is 0.0618. The lowest BCUT2D eigenvalue weighted by Crippen LogP contribution is -2.26. The van der Waals surface area contributed by atoms with Crippen LogP contribution in [0.4, 0.5) is 0 Å². The molecule has 0 unspecified atom stereocenters. The van der Waals surface area contributed by atoms with Gasteiger partial charge in [0.2, 0.25) is 0 Å². The molecule has 3 rings (SSSR count). The van der Waals surface area contributed by atoms with E-state index in [1.54, 1.807) is 29.4 Å². The highest BCUT2D eigenvalue weighted by atomic mass is 32.1. The molecule has 0 aliphatic rings. The molecule has 0 aliphatic heterocycles. The topological polar surface area (TPSA) is 42.4 Å². The summed E-state index contributed by atoms with van der Waals surface area (Å²) in [5.41, 5.74) is 1.56. The largest absolute Gasteiger partial charge is 0.493 e. The second kappa shape index (κ2) is 6.79. The summed E-state index contributed by atoms with van der Waals surface area (Å²) in [4.78, 5) is 18.9. The van der Waals surface area contributed by atoms with Gasteiger partial charge in [0.25, 0.3) is 5.91 Å². The maximum atomic E-state index is 12.7. The second-order valence-electron chi connectivity index (χ2n) is 5.17. The van der Waals surface area contributed by atoms with Crippen molar-refractivity contribution in [3.63, 3.8) is 0 Å². The van der Waals surface area contributed by atoms with Crippen molar-refractivity contribution >= 4 is 27.5 Å². The van der Waals surface area contributed by atoms with Crippen LogP contribution in [0.15, 0.2) is 48.5 Å². The number of nitrogens with zero attached hydrogens (tertiary/aromatic N) is 2. The number of ether oxygens (including phenoxy) is 1. The molecule has 0 atom stereocenters. The van der Waals surface area contributed by atoms with Crippen LogP contribution in [0.5, 0.6) is 5.75 Å². The van der Waals surface area contributed by atoms with Crippen molar-refractivity contribution in [3.8, 4) is 5.75 Å². The number of aromatic nitrogens is 1. The number of hydrogen-bond acceptors (Lipinski definition) is 4. The molecule has 5 heteroatoms. The molecule has 23 heavy (non-hydrogen) atoms. The van der Waals surface area contributed by atoms with Gasteiger partial charge >= 0.3 is 0 Å². The number of amides is 1. The fourth-order valence-electron chi connectivity index (χ4n) is 2.39. The van der Waals surface area contributed by atoms with Crippen molar-refractivity contribution in [1.82, 2.24) is 9.88 Å². The van der Waals surface area contributed by atoms with E-state index in [1.807, 2.05) is 49.4 Å². The predicted molar refractivity (Wildman–Crippen MR) is 93.0 cm³/mol. The lowest BCUT2D eigenvalue weighted by atomic mass is 10.2. The fourth-order valence-corrected chi connectivity index (χ4v) is 3.41. The van der Waals surface area contributed by atoms with Crippen LogP contribution in [0, 0.1) is 0 Å². The van der Waals surface area contributed by atoms with E-state index < -0.39 is 0 Å². The first-order valence-electron chi connectivity index (χ1n) is 7.50. The average Bonchev–Trinajstić information content (AvgIpc) is 2.97. The molecular weight excluding hydrogens is 308 g/mol. The molecule has 0 aliphatic carbocycles. The Bertz CT molecular complexity index is 796. The molecule has 0 fully saturated rings. The van der Waals surface area contributed by atoms with Crippen molar-refractivity contribution in [3.05, 3.63) is 59.1 Å². The van der Waals surface area contributed by atoms with Gasteiger partial charge in [0.1, 0.15) is 10.8 Å². The second-order valence-corrected chi connectivity index (χ2v) is 6.28. The van der Waals surface area contributed by atoms with E-state index in [0.29, 0.717) is 24.5 Å². The highest BCUT2D eigenvalue weighted by Gasteiger charge is 2.17. The van der Waals surface area contributed by atoms with Crippen LogP contribution in [0.25, 0.3) is 10.2 Å². The molecule has 0 spiro atoms. The Labute approximate surface area is 139 Å². The quantitative estimate of drug-likeness (QED) is 0.712. The maximum absolute atomic E-state index is 12.7. The van der Waals surface area contributed by atoms with E-state index in [1.165, 1.54) is 0 Å². The summed E-state index contributed by atoms with van der Waals surface area (Å²) in [7, 11) is 1.79. The third-order valence-electron chi connectivity index (χ3n) is 3.47. The molecule has 4 nitrogen and oxygen atoms in total. The standard InChI is InChI=1S/C18H18N2O2S/c1-3-22-15-10-6-4-8-13(15)18(21)20(2)12-17-19-14-9-5-7-11-16(14)23-17/h4-11H,3,12H2,1-2H3. The number of rotatable bonds is 5. The Morgan fingerprint density at radius 2 is 1.91 bits per heavy atom. The SMILES string of the molecule is CCOc1ccccc1C(=O)N(C)Cc1nc2ccccc2s1. The smallest absolute Gasteiger partial charge is 0.257 e. The maximum Gasteiger partial charge on any atom is 0.257 e. The Kier molecular flexibility index (Phi) is 4.57. The monoisotopic (exact) mass is 326 g/mol. The molecule has 0 bridgehead atoms. The summed E-state index contributed by atoms with van der Waals surface area (Å²) in [5.74, 6) is 0.560. The van der Waals surface area contributed by atoms with Gasteiger partial charge in [-0.15, -0.1) is 11.3 Å². The first-order valence-corrected chi connectivity index (χ1v) is 8.32. The fraction of sp³-hybridized carbons (Fsp3) is 0.222. The molecule has 0 N–H and O–H groups in total. The number of hydrogen-bond donors (Lipinski definition) is 0. The molecule has 118 valence electrons. The highest BCUT2D eigenvalue weighted by Crippen LogP contribution is 2.24. The Hall–Kier alpha value is -2.40. The molecule has 2 aromatic carbocycles. The van der Waals surface area contributed by atoms with Crippen LogP contribution < -0.4 is 4.74 Å². The minimum atomic E-state index is -0.0618. The van der Waals surface area contributed by atoms with Crippen molar-refractivity contribution in [2.75, 3.05) is 13.7 Å². The van der Waals surface area contributed by atoms with Crippen molar-refractivity contribution in [2.45, 2.75) is 13.5 Å². The average molecular weight is 326 g/mol. The van der Waals surface area contributed by atoms with Crippen molar-refractivity contribution in [2.24, 2.45) is 0 Å². The number of para-hydroxylation sites is 2. The molecular formula is C18H18N2O2S. The molecule has 1 amide bonds. The van der Waals surface area contributed by atoms with Gasteiger partial charge in [-0.2, -0.15) is 0 Å². The van der Waals surface area contributed by atoms with Gasteiger partial charge in [-0.1, -0.05) is 24.3 Å². The third-order valence-corrected chi connectivity index (χ3v) is 4.50. The summed E-state index contributed by atoms with van der Waals surface area (Å²) in [6.07, 6.45) is 0. The zero-order valence-electron chi connectivity index (χ0n) is 13.2. The molecule has 1 aromatic heterocycles. The van der Waals surface area contributed by atoms with E-state index in [9.17, 15) is 4.79 Å². The van der Waals surface area contributed by atoms with E-state index >= 15 is 0 Å². The van der Waals surface area contributed by atoms with E-state index in [4.69, 9.17) is 4.74 Å². The number of carbonyl (C=O) groups excluding carboxylic acids is 1. The van der Waals surface area contributed by atoms with Crippen LogP contribution in [-0.4, -0.2) is 29.4 Å². The third kappa shape index (κ3) is 3.35. The minimum Gasteiger partial charge on any atom is -0.493 e. The molecule has 1 heterocycles. The molecule has 3 aromatic rings. The van der Waals surface area contributed by atoms with Gasteiger partial charge in [0.15, 0.2) is 0 Å². The Balaban J connectivity index is 1.80. The van der Waals surface area contributed by atoms with Crippen molar-refractivity contribution in [1.29, 1.82) is 0 Å². The zero-order chi connectivity index (χ0) is 16.2. The summed E-state index contributed by atoms with van der Waals surface area (Å²) < 4.78 is 6.68. The molecule has 0 saturated heterocycles. The lowest BCUT2D eigenvalue weighted by molar-refractivity contribution is 0.0781. The number of benzene rings is 2. The van der Waals surface area contributed by atoms with Crippen LogP contribution in [0.1, 0.15) is 22.3 Å². The molecule has 0 saturated carbocycles. The summed E-state index contributed by atoms with van der Waals surface area (Å²) in [5, 5.41) is 0.927. The predicted octanol–water partition coefficient (Wildman–Crippen LogP) is 3.97. The number of carbonyl (C=O) groups is 1. The normalized spacial score (nSPS) is 10.7. The number of fused-ring (bicyclic) bond motifs is 1. The summed E-state index contributed by atoms with van der Waals surface area (Å²) in [6, 6.07) is 15.3. The van der Waals surface area contributed by atoms with Gasteiger partial charge in [-0.3, -0.25) is 4.79 Å². The summed E-state index contributed by atoms with van der Waals surface area (Å²) in [6.45, 7) is 2.93. The van der Waals surface area contributed by atoms with E-state index in [2.05, 4.69) is 4.98 Å².